The molecule has 0 aliphatic carbocycles. The Morgan fingerprint density at radius 3 is 2.66 bits per heavy atom. The summed E-state index contributed by atoms with van der Waals surface area (Å²) in [5.74, 6) is -2.34. The van der Waals surface area contributed by atoms with Crippen LogP contribution in [0.15, 0.2) is 30.1 Å². The summed E-state index contributed by atoms with van der Waals surface area (Å²) >= 11 is 0. The molecule has 1 atom stereocenters. The molecule has 2 aliphatic heterocycles. The minimum atomic E-state index is -0.788. The van der Waals surface area contributed by atoms with Crippen LogP contribution in [0.2, 0.25) is 0 Å². The molecule has 0 spiro atoms. The maximum atomic E-state index is 13.2. The molecule has 2 aromatic heterocycles. The lowest BCUT2D eigenvalue weighted by atomic mass is 9.95. The van der Waals surface area contributed by atoms with E-state index in [-0.39, 0.29) is 17.0 Å². The van der Waals surface area contributed by atoms with Crippen molar-refractivity contribution in [3.05, 3.63) is 58.2 Å². The normalized spacial score (nSPS) is 20.4. The van der Waals surface area contributed by atoms with Crippen molar-refractivity contribution in [2.75, 3.05) is 46.5 Å². The maximum absolute atomic E-state index is 13.2. The van der Waals surface area contributed by atoms with E-state index in [1.807, 2.05) is 0 Å². The van der Waals surface area contributed by atoms with Crippen LogP contribution < -0.4 is 0 Å². The van der Waals surface area contributed by atoms with E-state index < -0.39 is 23.7 Å². The van der Waals surface area contributed by atoms with Crippen LogP contribution in [0.5, 0.6) is 0 Å². The quantitative estimate of drug-likeness (QED) is 0.266. The molecule has 10 heteroatoms. The van der Waals surface area contributed by atoms with E-state index in [0.29, 0.717) is 48.6 Å². The fraction of sp³-hybridized carbons (Fsp3) is 0.440. The molecule has 2 N–H and O–H groups in total. The van der Waals surface area contributed by atoms with Gasteiger partial charge < -0.3 is 24.5 Å². The minimum absolute atomic E-state index is 0.0176. The number of nitrogens with zero attached hydrogens (tertiary/aromatic N) is 3. The first-order valence-corrected chi connectivity index (χ1v) is 11.6. The Labute approximate surface area is 203 Å². The van der Waals surface area contributed by atoms with Gasteiger partial charge in [0.05, 0.1) is 31.9 Å². The van der Waals surface area contributed by atoms with Gasteiger partial charge in [-0.3, -0.25) is 19.5 Å². The predicted molar refractivity (Wildman–Crippen MR) is 127 cm³/mol. The molecule has 0 bridgehead atoms. The molecule has 4 rings (SSSR count). The second kappa shape index (κ2) is 10.4. The molecule has 4 heterocycles. The highest BCUT2D eigenvalue weighted by Gasteiger charge is 2.46. The van der Waals surface area contributed by atoms with Crippen molar-refractivity contribution in [2.45, 2.75) is 26.3 Å². The number of amides is 1. The van der Waals surface area contributed by atoms with Crippen LogP contribution in [-0.2, 0) is 19.1 Å². The van der Waals surface area contributed by atoms with Crippen molar-refractivity contribution < 1.29 is 29.0 Å². The summed E-state index contributed by atoms with van der Waals surface area (Å²) in [5.41, 5.74) is 2.03. The number of hydrogen-bond acceptors (Lipinski definition) is 8. The molecule has 2 aliphatic rings. The second-order valence-corrected chi connectivity index (χ2v) is 8.70. The van der Waals surface area contributed by atoms with Gasteiger partial charge in [-0.25, -0.2) is 4.79 Å². The van der Waals surface area contributed by atoms with E-state index in [1.54, 1.807) is 38.4 Å². The van der Waals surface area contributed by atoms with Crippen molar-refractivity contribution >= 4 is 23.4 Å². The van der Waals surface area contributed by atoms with Gasteiger partial charge in [-0.05, 0) is 37.5 Å². The summed E-state index contributed by atoms with van der Waals surface area (Å²) < 4.78 is 10.2. The SMILES string of the molecule is COC(=O)c1[nH]c(C)c(C(O)=C2C(=O)C(=O)N(CCCN3CCOCC3)[C@@H]2c2cccnc2)c1C. The predicted octanol–water partition coefficient (Wildman–Crippen LogP) is 1.96. The summed E-state index contributed by atoms with van der Waals surface area (Å²) in [6.07, 6.45) is 3.87. The van der Waals surface area contributed by atoms with E-state index in [1.165, 1.54) is 12.0 Å². The Morgan fingerprint density at radius 2 is 2.00 bits per heavy atom. The van der Waals surface area contributed by atoms with Crippen molar-refractivity contribution in [1.29, 1.82) is 0 Å². The molecule has 186 valence electrons. The zero-order chi connectivity index (χ0) is 25.1. The number of ether oxygens (including phenoxy) is 2. The minimum Gasteiger partial charge on any atom is -0.507 e. The van der Waals surface area contributed by atoms with Gasteiger partial charge in [0.2, 0.25) is 0 Å². The smallest absolute Gasteiger partial charge is 0.354 e. The van der Waals surface area contributed by atoms with Crippen molar-refractivity contribution in [2.24, 2.45) is 0 Å². The number of ketones is 1. The van der Waals surface area contributed by atoms with Crippen LogP contribution in [0.4, 0.5) is 0 Å². The van der Waals surface area contributed by atoms with Crippen LogP contribution in [0.3, 0.4) is 0 Å². The number of aryl methyl sites for hydroxylation is 1. The van der Waals surface area contributed by atoms with E-state index >= 15 is 0 Å². The van der Waals surface area contributed by atoms with E-state index in [4.69, 9.17) is 9.47 Å². The highest BCUT2D eigenvalue weighted by Crippen LogP contribution is 2.40. The van der Waals surface area contributed by atoms with Gasteiger partial charge >= 0.3 is 5.97 Å². The number of aromatic nitrogens is 2. The second-order valence-electron chi connectivity index (χ2n) is 8.70. The molecule has 1 amide bonds. The summed E-state index contributed by atoms with van der Waals surface area (Å²) in [4.78, 5) is 49.4. The number of Topliss-reactive ketones (excluding diaryl/α,β-unsaturated/α-hetero) is 1. The highest BCUT2D eigenvalue weighted by molar-refractivity contribution is 6.46. The Morgan fingerprint density at radius 1 is 1.26 bits per heavy atom. The number of rotatable bonds is 7. The maximum Gasteiger partial charge on any atom is 0.354 e. The van der Waals surface area contributed by atoms with E-state index in [2.05, 4.69) is 14.9 Å². The Balaban J connectivity index is 1.72. The average molecular weight is 483 g/mol. The van der Waals surface area contributed by atoms with Crippen LogP contribution in [0.25, 0.3) is 5.76 Å². The lowest BCUT2D eigenvalue weighted by Gasteiger charge is -2.29. The first-order valence-electron chi connectivity index (χ1n) is 11.6. The van der Waals surface area contributed by atoms with Crippen molar-refractivity contribution in [3.63, 3.8) is 0 Å². The average Bonchev–Trinajstić information content (AvgIpc) is 3.31. The number of morpholine rings is 1. The van der Waals surface area contributed by atoms with E-state index in [9.17, 15) is 19.5 Å². The van der Waals surface area contributed by atoms with Crippen molar-refractivity contribution in [1.82, 2.24) is 19.8 Å². The van der Waals surface area contributed by atoms with Gasteiger partial charge in [0.15, 0.2) is 0 Å². The van der Waals surface area contributed by atoms with Crippen LogP contribution >= 0.6 is 0 Å². The fourth-order valence-electron chi connectivity index (χ4n) is 4.83. The number of aliphatic hydroxyl groups is 1. The number of hydrogen-bond donors (Lipinski definition) is 2. The molecule has 2 aromatic rings. The number of H-pyrrole nitrogens is 1. The Bertz CT molecular complexity index is 1150. The van der Waals surface area contributed by atoms with Crippen LogP contribution in [0.1, 0.15) is 45.3 Å². The molecular formula is C25H30N4O6. The number of carbonyl (C=O) groups excluding carboxylic acids is 3. The van der Waals surface area contributed by atoms with Gasteiger partial charge in [0, 0.05) is 49.8 Å². The standard InChI is InChI=1S/C25H30N4O6/c1-15-18(16(2)27-20(15)25(33)34-3)22(30)19-21(17-6-4-7-26-14-17)29(24(32)23(19)31)9-5-8-28-10-12-35-13-11-28/h4,6-7,14,21,27,30H,5,8-13H2,1-3H3/t21-/m1/s1. The molecule has 0 radical (unpaired) electrons. The first-order chi connectivity index (χ1) is 16.8. The number of aromatic amines is 1. The third-order valence-corrected chi connectivity index (χ3v) is 6.58. The number of esters is 1. The largest absolute Gasteiger partial charge is 0.507 e. The third kappa shape index (κ3) is 4.71. The summed E-state index contributed by atoms with van der Waals surface area (Å²) in [6.45, 7) is 7.49. The highest BCUT2D eigenvalue weighted by atomic mass is 16.5. The number of aliphatic hydroxyl groups excluding tert-OH is 1. The zero-order valence-electron chi connectivity index (χ0n) is 20.2. The number of likely N-dealkylation sites (tertiary alicyclic amines) is 1. The number of methoxy groups -OCH3 is 1. The molecule has 0 unspecified atom stereocenters. The van der Waals surface area contributed by atoms with Crippen LogP contribution in [-0.4, -0.2) is 89.0 Å². The van der Waals surface area contributed by atoms with Gasteiger partial charge in [-0.2, -0.15) is 0 Å². The number of pyridine rings is 1. The van der Waals surface area contributed by atoms with Gasteiger partial charge in [-0.1, -0.05) is 6.07 Å². The molecule has 2 saturated heterocycles. The lowest BCUT2D eigenvalue weighted by Crippen LogP contribution is -2.39. The van der Waals surface area contributed by atoms with Gasteiger partial charge in [0.1, 0.15) is 11.5 Å². The molecule has 35 heavy (non-hydrogen) atoms. The van der Waals surface area contributed by atoms with E-state index in [0.717, 1.165) is 19.6 Å². The lowest BCUT2D eigenvalue weighted by molar-refractivity contribution is -0.140. The molecule has 2 fully saturated rings. The van der Waals surface area contributed by atoms with Crippen molar-refractivity contribution in [3.8, 4) is 0 Å². The summed E-state index contributed by atoms with van der Waals surface area (Å²) in [5, 5.41) is 11.4. The molecule has 10 nitrogen and oxygen atoms in total. The fourth-order valence-corrected chi connectivity index (χ4v) is 4.83. The Kier molecular flexibility index (Phi) is 7.32. The van der Waals surface area contributed by atoms with Gasteiger partial charge in [0.25, 0.3) is 11.7 Å². The molecule has 0 saturated carbocycles. The topological polar surface area (TPSA) is 125 Å². The summed E-state index contributed by atoms with van der Waals surface area (Å²) in [6, 6.07) is 2.72. The molecular weight excluding hydrogens is 452 g/mol. The van der Waals surface area contributed by atoms with Gasteiger partial charge in [-0.15, -0.1) is 0 Å². The number of nitrogens with one attached hydrogen (secondary N) is 1. The number of carbonyl (C=O) groups is 3. The Hall–Kier alpha value is -3.50. The monoisotopic (exact) mass is 482 g/mol. The first kappa shape index (κ1) is 24.6. The zero-order valence-corrected chi connectivity index (χ0v) is 20.2. The molecule has 0 aromatic carbocycles. The third-order valence-electron chi connectivity index (χ3n) is 6.58. The summed E-state index contributed by atoms with van der Waals surface area (Å²) in [7, 11) is 1.27. The van der Waals surface area contributed by atoms with Crippen LogP contribution in [0, 0.1) is 13.8 Å².